The summed E-state index contributed by atoms with van der Waals surface area (Å²) < 4.78 is 19.3. The second kappa shape index (κ2) is 6.80. The highest BCUT2D eigenvalue weighted by Crippen LogP contribution is 2.26. The molecule has 2 aromatic carbocycles. The number of nitrogens with one attached hydrogen (secondary N) is 1. The number of hydrogen-bond donors (Lipinski definition) is 1. The summed E-state index contributed by atoms with van der Waals surface area (Å²) in [4.78, 5) is 24.7. The van der Waals surface area contributed by atoms with Crippen molar-refractivity contribution in [2.45, 2.75) is 13.0 Å². The van der Waals surface area contributed by atoms with Gasteiger partial charge in [-0.3, -0.25) is 4.79 Å². The van der Waals surface area contributed by atoms with Crippen LogP contribution >= 0.6 is 11.3 Å². The number of hydrogen-bond acceptors (Lipinski definition) is 4. The zero-order valence-electron chi connectivity index (χ0n) is 12.8. The molecule has 0 aliphatic heterocycles. The molecule has 0 saturated heterocycles. The van der Waals surface area contributed by atoms with Gasteiger partial charge in [-0.05, 0) is 42.6 Å². The molecule has 1 atom stereocenters. The molecule has 0 bridgehead atoms. The van der Waals surface area contributed by atoms with Gasteiger partial charge in [0.15, 0.2) is 6.10 Å². The maximum absolute atomic E-state index is 13.1. The molecule has 0 spiro atoms. The van der Waals surface area contributed by atoms with Crippen LogP contribution in [0.3, 0.4) is 0 Å². The minimum absolute atomic E-state index is 0.310. The van der Waals surface area contributed by atoms with Crippen LogP contribution in [-0.2, 0) is 9.53 Å². The fourth-order valence-corrected chi connectivity index (χ4v) is 3.11. The lowest BCUT2D eigenvalue weighted by atomic mass is 10.2. The summed E-state index contributed by atoms with van der Waals surface area (Å²) in [5.41, 5.74) is 0.310. The second-order valence-corrected chi connectivity index (χ2v) is 6.28. The fraction of sp³-hybridized carbons (Fsp3) is 0.111. The van der Waals surface area contributed by atoms with E-state index < -0.39 is 23.8 Å². The van der Waals surface area contributed by atoms with Crippen molar-refractivity contribution in [1.29, 1.82) is 0 Å². The van der Waals surface area contributed by atoms with E-state index in [0.717, 1.165) is 10.1 Å². The zero-order chi connectivity index (χ0) is 17.1. The van der Waals surface area contributed by atoms with Gasteiger partial charge in [-0.2, -0.15) is 0 Å². The third-order valence-electron chi connectivity index (χ3n) is 3.37. The lowest BCUT2D eigenvalue weighted by molar-refractivity contribution is -0.123. The number of carbonyl (C=O) groups excluding carboxylic acids is 2. The molecule has 3 rings (SSSR count). The van der Waals surface area contributed by atoms with E-state index in [0.29, 0.717) is 10.6 Å². The number of halogens is 1. The van der Waals surface area contributed by atoms with Crippen LogP contribution in [0.4, 0.5) is 10.1 Å². The zero-order valence-corrected chi connectivity index (χ0v) is 13.6. The Kier molecular flexibility index (Phi) is 4.57. The van der Waals surface area contributed by atoms with Crippen LogP contribution in [0.15, 0.2) is 54.6 Å². The molecule has 0 saturated carbocycles. The normalized spacial score (nSPS) is 11.9. The predicted octanol–water partition coefficient (Wildman–Crippen LogP) is 4.22. The molecule has 0 radical (unpaired) electrons. The van der Waals surface area contributed by atoms with E-state index in [-0.39, 0.29) is 0 Å². The third-order valence-corrected chi connectivity index (χ3v) is 4.47. The lowest BCUT2D eigenvalue weighted by Crippen LogP contribution is -2.29. The van der Waals surface area contributed by atoms with Crippen molar-refractivity contribution in [3.63, 3.8) is 0 Å². The monoisotopic (exact) mass is 343 g/mol. The van der Waals surface area contributed by atoms with Gasteiger partial charge < -0.3 is 10.1 Å². The molecule has 1 heterocycles. The van der Waals surface area contributed by atoms with E-state index in [1.807, 2.05) is 24.3 Å². The molecule has 1 amide bonds. The average molecular weight is 343 g/mol. The van der Waals surface area contributed by atoms with E-state index in [1.54, 1.807) is 12.1 Å². The first-order valence-electron chi connectivity index (χ1n) is 7.29. The van der Waals surface area contributed by atoms with Gasteiger partial charge in [0.1, 0.15) is 10.7 Å². The number of anilines is 1. The Morgan fingerprint density at radius 2 is 1.92 bits per heavy atom. The van der Waals surface area contributed by atoms with E-state index in [1.165, 1.54) is 36.5 Å². The van der Waals surface area contributed by atoms with E-state index in [4.69, 9.17) is 4.74 Å². The molecule has 4 nitrogen and oxygen atoms in total. The molecule has 1 N–H and O–H groups in total. The Morgan fingerprint density at radius 3 is 2.67 bits per heavy atom. The quantitative estimate of drug-likeness (QED) is 0.722. The summed E-state index contributed by atoms with van der Waals surface area (Å²) in [6.07, 6.45) is -0.994. The SMILES string of the molecule is C[C@H](OC(=O)c1cc2ccccc2s1)C(=O)Nc1cccc(F)c1. The van der Waals surface area contributed by atoms with Crippen molar-refractivity contribution in [2.75, 3.05) is 5.32 Å². The minimum atomic E-state index is -0.994. The maximum Gasteiger partial charge on any atom is 0.349 e. The van der Waals surface area contributed by atoms with Gasteiger partial charge in [0.25, 0.3) is 5.91 Å². The highest BCUT2D eigenvalue weighted by Gasteiger charge is 2.20. The standard InChI is InChI=1S/C18H14FNO3S/c1-11(17(21)20-14-7-4-6-13(19)10-14)23-18(22)16-9-12-5-2-3-8-15(12)24-16/h2-11H,1H3,(H,20,21)/t11-/m0/s1. The Labute approximate surface area is 141 Å². The first-order chi connectivity index (χ1) is 11.5. The minimum Gasteiger partial charge on any atom is -0.448 e. The largest absolute Gasteiger partial charge is 0.448 e. The molecular weight excluding hydrogens is 329 g/mol. The van der Waals surface area contributed by atoms with Crippen molar-refractivity contribution in [2.24, 2.45) is 0 Å². The molecule has 6 heteroatoms. The van der Waals surface area contributed by atoms with Gasteiger partial charge in [0.05, 0.1) is 0 Å². The topological polar surface area (TPSA) is 55.4 Å². The Morgan fingerprint density at radius 1 is 1.12 bits per heavy atom. The van der Waals surface area contributed by atoms with E-state index in [9.17, 15) is 14.0 Å². The van der Waals surface area contributed by atoms with Crippen LogP contribution in [0.2, 0.25) is 0 Å². The summed E-state index contributed by atoms with van der Waals surface area (Å²) >= 11 is 1.31. The van der Waals surface area contributed by atoms with Crippen LogP contribution < -0.4 is 5.32 Å². The number of fused-ring (bicyclic) bond motifs is 1. The summed E-state index contributed by atoms with van der Waals surface area (Å²) in [7, 11) is 0. The smallest absolute Gasteiger partial charge is 0.349 e. The summed E-state index contributed by atoms with van der Waals surface area (Å²) in [6.45, 7) is 1.47. The van der Waals surface area contributed by atoms with Crippen LogP contribution in [0.1, 0.15) is 16.6 Å². The maximum atomic E-state index is 13.1. The highest BCUT2D eigenvalue weighted by atomic mass is 32.1. The predicted molar refractivity (Wildman–Crippen MR) is 91.7 cm³/mol. The Balaban J connectivity index is 1.65. The number of thiophene rings is 1. The van der Waals surface area contributed by atoms with Crippen molar-refractivity contribution in [3.8, 4) is 0 Å². The van der Waals surface area contributed by atoms with Crippen LogP contribution in [-0.4, -0.2) is 18.0 Å². The summed E-state index contributed by atoms with van der Waals surface area (Å²) in [5.74, 6) is -1.53. The molecule has 1 aromatic heterocycles. The Hall–Kier alpha value is -2.73. The average Bonchev–Trinajstić information content (AvgIpc) is 2.99. The second-order valence-electron chi connectivity index (χ2n) is 5.20. The first kappa shape index (κ1) is 16.1. The van der Waals surface area contributed by atoms with Gasteiger partial charge in [-0.1, -0.05) is 24.3 Å². The third kappa shape index (κ3) is 3.60. The number of ether oxygens (including phenoxy) is 1. The van der Waals surface area contributed by atoms with Crippen molar-refractivity contribution < 1.29 is 18.7 Å². The molecular formula is C18H14FNO3S. The molecule has 122 valence electrons. The molecule has 0 fully saturated rings. The molecule has 24 heavy (non-hydrogen) atoms. The highest BCUT2D eigenvalue weighted by molar-refractivity contribution is 7.20. The summed E-state index contributed by atoms with van der Waals surface area (Å²) in [6, 6.07) is 14.8. The fourth-order valence-electron chi connectivity index (χ4n) is 2.16. The molecule has 0 aliphatic carbocycles. The molecule has 0 aliphatic rings. The number of esters is 1. The van der Waals surface area contributed by atoms with E-state index >= 15 is 0 Å². The van der Waals surface area contributed by atoms with Crippen molar-refractivity contribution in [3.05, 3.63) is 65.3 Å². The van der Waals surface area contributed by atoms with Gasteiger partial charge in [0.2, 0.25) is 0 Å². The van der Waals surface area contributed by atoms with E-state index in [2.05, 4.69) is 5.32 Å². The van der Waals surface area contributed by atoms with Gasteiger partial charge in [0, 0.05) is 10.4 Å². The Bertz CT molecular complexity index is 873. The summed E-state index contributed by atoms with van der Waals surface area (Å²) in [5, 5.41) is 3.46. The van der Waals surface area contributed by atoms with Crippen molar-refractivity contribution >= 4 is 39.0 Å². The van der Waals surface area contributed by atoms with Crippen LogP contribution in [0.5, 0.6) is 0 Å². The van der Waals surface area contributed by atoms with Gasteiger partial charge in [-0.15, -0.1) is 11.3 Å². The molecule has 0 unspecified atom stereocenters. The number of rotatable bonds is 4. The van der Waals surface area contributed by atoms with Gasteiger partial charge in [-0.25, -0.2) is 9.18 Å². The van der Waals surface area contributed by atoms with Crippen LogP contribution in [0, 0.1) is 5.82 Å². The van der Waals surface area contributed by atoms with Gasteiger partial charge >= 0.3 is 5.97 Å². The van der Waals surface area contributed by atoms with Crippen LogP contribution in [0.25, 0.3) is 10.1 Å². The number of amides is 1. The number of carbonyl (C=O) groups is 2. The van der Waals surface area contributed by atoms with Crippen molar-refractivity contribution in [1.82, 2.24) is 0 Å². The lowest BCUT2D eigenvalue weighted by Gasteiger charge is -2.13. The molecule has 3 aromatic rings. The first-order valence-corrected chi connectivity index (χ1v) is 8.10. The number of benzene rings is 2.